The number of carbonyl (C=O) groups excluding carboxylic acids is 2. The molecule has 1 aromatic rings. The molecule has 3 atom stereocenters. The van der Waals surface area contributed by atoms with Gasteiger partial charge in [0, 0.05) is 30.6 Å². The van der Waals surface area contributed by atoms with Crippen molar-refractivity contribution in [3.63, 3.8) is 0 Å². The molecule has 39 heavy (non-hydrogen) atoms. The summed E-state index contributed by atoms with van der Waals surface area (Å²) in [5.41, 5.74) is 0.978. The summed E-state index contributed by atoms with van der Waals surface area (Å²) in [7, 11) is 0. The van der Waals surface area contributed by atoms with Gasteiger partial charge in [0.1, 0.15) is 18.0 Å². The lowest BCUT2D eigenvalue weighted by Gasteiger charge is -2.34. The standard InChI is InChI=1S/C29H41FN4O5/c1-18(32-29(2,3)4)31-26(19-9-6-5-7-10-19)25(35)17-33-15-21(13-24(33)27(36)37)39-28(38)34-14-20-11-8-12-23(30)22(20)16-34/h8,11-12,19,21,24,26,31-32H,1,5-7,9-10,13-17H2,2-4H3,(H,36,37)/t21-,24+,26+/m1/s1. The van der Waals surface area contributed by atoms with E-state index in [4.69, 9.17) is 4.74 Å². The number of aliphatic carboxylic acids is 1. The van der Waals surface area contributed by atoms with Gasteiger partial charge in [-0.25, -0.2) is 9.18 Å². The number of ketones is 1. The van der Waals surface area contributed by atoms with E-state index < -0.39 is 30.3 Å². The van der Waals surface area contributed by atoms with Crippen molar-refractivity contribution in [1.29, 1.82) is 0 Å². The molecule has 1 saturated carbocycles. The maximum Gasteiger partial charge on any atom is 0.410 e. The highest BCUT2D eigenvalue weighted by Gasteiger charge is 2.42. The first-order valence-corrected chi connectivity index (χ1v) is 13.9. The number of halogens is 1. The Morgan fingerprint density at radius 3 is 2.54 bits per heavy atom. The number of benzene rings is 1. The molecule has 2 heterocycles. The Hall–Kier alpha value is -3.14. The smallest absolute Gasteiger partial charge is 0.410 e. The molecular weight excluding hydrogens is 503 g/mol. The zero-order valence-corrected chi connectivity index (χ0v) is 23.2. The van der Waals surface area contributed by atoms with E-state index in [1.165, 1.54) is 11.0 Å². The number of fused-ring (bicyclic) bond motifs is 1. The van der Waals surface area contributed by atoms with Crippen LogP contribution in [0.1, 0.15) is 70.4 Å². The molecule has 1 saturated heterocycles. The minimum absolute atomic E-state index is 0.0671. The largest absolute Gasteiger partial charge is 0.480 e. The first kappa shape index (κ1) is 28.9. The van der Waals surface area contributed by atoms with E-state index in [0.717, 1.165) is 37.7 Å². The number of hydrogen-bond donors (Lipinski definition) is 3. The highest BCUT2D eigenvalue weighted by atomic mass is 19.1. The lowest BCUT2D eigenvalue weighted by Crippen LogP contribution is -2.52. The summed E-state index contributed by atoms with van der Waals surface area (Å²) in [4.78, 5) is 41.6. The van der Waals surface area contributed by atoms with Crippen LogP contribution in [-0.4, -0.2) is 69.6 Å². The lowest BCUT2D eigenvalue weighted by atomic mass is 9.82. The van der Waals surface area contributed by atoms with Crippen LogP contribution in [0.25, 0.3) is 0 Å². The van der Waals surface area contributed by atoms with Gasteiger partial charge >= 0.3 is 12.1 Å². The Labute approximate surface area is 229 Å². The van der Waals surface area contributed by atoms with Crippen LogP contribution in [0, 0.1) is 11.7 Å². The summed E-state index contributed by atoms with van der Waals surface area (Å²) in [6.07, 6.45) is 3.90. The van der Waals surface area contributed by atoms with Crippen molar-refractivity contribution in [1.82, 2.24) is 20.4 Å². The second-order valence-electron chi connectivity index (χ2n) is 12.1. The predicted octanol–water partition coefficient (Wildman–Crippen LogP) is 3.77. The van der Waals surface area contributed by atoms with Crippen LogP contribution < -0.4 is 10.6 Å². The molecule has 214 valence electrons. The number of carboxylic acid groups (broad SMARTS) is 1. The fourth-order valence-corrected chi connectivity index (χ4v) is 6.01. The first-order valence-electron chi connectivity index (χ1n) is 13.9. The molecule has 0 spiro atoms. The Morgan fingerprint density at radius 2 is 1.90 bits per heavy atom. The van der Waals surface area contributed by atoms with Crippen LogP contribution in [0.3, 0.4) is 0 Å². The summed E-state index contributed by atoms with van der Waals surface area (Å²) in [6, 6.07) is 3.32. The molecule has 0 aromatic heterocycles. The number of amides is 1. The van der Waals surface area contributed by atoms with Crippen LogP contribution in [0.2, 0.25) is 0 Å². The summed E-state index contributed by atoms with van der Waals surface area (Å²) >= 11 is 0. The second-order valence-corrected chi connectivity index (χ2v) is 12.1. The van der Waals surface area contributed by atoms with Gasteiger partial charge in [0.25, 0.3) is 0 Å². The molecule has 3 aliphatic rings. The summed E-state index contributed by atoms with van der Waals surface area (Å²) in [6.45, 7) is 10.5. The van der Waals surface area contributed by atoms with Gasteiger partial charge in [0.15, 0.2) is 5.78 Å². The topological polar surface area (TPSA) is 111 Å². The third-order valence-corrected chi connectivity index (χ3v) is 7.78. The van der Waals surface area contributed by atoms with E-state index in [2.05, 4.69) is 17.2 Å². The van der Waals surface area contributed by atoms with E-state index in [9.17, 15) is 23.9 Å². The maximum atomic E-state index is 14.1. The minimum Gasteiger partial charge on any atom is -0.480 e. The first-order chi connectivity index (χ1) is 18.4. The lowest BCUT2D eigenvalue weighted by molar-refractivity contribution is -0.142. The van der Waals surface area contributed by atoms with Gasteiger partial charge in [-0.05, 0) is 51.2 Å². The van der Waals surface area contributed by atoms with Gasteiger partial charge in [-0.15, -0.1) is 0 Å². The summed E-state index contributed by atoms with van der Waals surface area (Å²) < 4.78 is 19.8. The zero-order chi connectivity index (χ0) is 28.3. The van der Waals surface area contributed by atoms with Crippen molar-refractivity contribution in [2.45, 2.75) is 96.1 Å². The molecule has 4 rings (SSSR count). The molecule has 0 bridgehead atoms. The van der Waals surface area contributed by atoms with Crippen LogP contribution in [0.4, 0.5) is 9.18 Å². The predicted molar refractivity (Wildman–Crippen MR) is 144 cm³/mol. The maximum absolute atomic E-state index is 14.1. The van der Waals surface area contributed by atoms with E-state index in [0.29, 0.717) is 11.4 Å². The quantitative estimate of drug-likeness (QED) is 0.431. The SMILES string of the molecule is C=C(N[C@H](C(=O)CN1C[C@H](OC(=O)N2Cc3cccc(F)c3C2)C[C@H]1C(=O)O)C1CCCCC1)NC(C)(C)C. The van der Waals surface area contributed by atoms with Gasteiger partial charge in [-0.1, -0.05) is 38.0 Å². The van der Waals surface area contributed by atoms with Gasteiger partial charge in [0.05, 0.1) is 25.0 Å². The zero-order valence-electron chi connectivity index (χ0n) is 23.2. The number of hydrogen-bond acceptors (Lipinski definition) is 7. The number of carbonyl (C=O) groups is 3. The van der Waals surface area contributed by atoms with E-state index in [1.54, 1.807) is 17.0 Å². The molecule has 10 heteroatoms. The minimum atomic E-state index is -1.06. The van der Waals surface area contributed by atoms with Crippen molar-refractivity contribution in [2.75, 3.05) is 13.1 Å². The Kier molecular flexibility index (Phi) is 8.83. The summed E-state index contributed by atoms with van der Waals surface area (Å²) in [5.74, 6) is -0.805. The van der Waals surface area contributed by atoms with Gasteiger partial charge in [-0.2, -0.15) is 0 Å². The number of ether oxygens (including phenoxy) is 1. The van der Waals surface area contributed by atoms with Crippen molar-refractivity contribution in [3.05, 3.63) is 47.5 Å². The molecule has 3 N–H and O–H groups in total. The number of Topliss-reactive ketones (excluding diaryl/α,β-unsaturated/α-hetero) is 1. The van der Waals surface area contributed by atoms with Gasteiger partial charge in [0.2, 0.25) is 0 Å². The monoisotopic (exact) mass is 544 g/mol. The molecule has 1 aliphatic carbocycles. The number of rotatable bonds is 9. The normalized spacial score (nSPS) is 22.7. The van der Waals surface area contributed by atoms with Crippen LogP contribution in [-0.2, 0) is 27.4 Å². The highest BCUT2D eigenvalue weighted by Crippen LogP contribution is 2.30. The molecule has 0 radical (unpaired) electrons. The number of nitrogens with zero attached hydrogens (tertiary/aromatic N) is 2. The molecular formula is C29H41FN4O5. The molecule has 1 amide bonds. The van der Waals surface area contributed by atoms with Crippen LogP contribution >= 0.6 is 0 Å². The fraction of sp³-hybridized carbons (Fsp3) is 0.621. The van der Waals surface area contributed by atoms with Crippen LogP contribution in [0.5, 0.6) is 0 Å². The van der Waals surface area contributed by atoms with Crippen molar-refractivity contribution < 1.29 is 28.6 Å². The molecule has 2 aliphatic heterocycles. The van der Waals surface area contributed by atoms with Crippen molar-refractivity contribution in [3.8, 4) is 0 Å². The fourth-order valence-electron chi connectivity index (χ4n) is 6.01. The van der Waals surface area contributed by atoms with E-state index >= 15 is 0 Å². The third kappa shape index (κ3) is 7.29. The van der Waals surface area contributed by atoms with Crippen molar-refractivity contribution in [2.24, 2.45) is 5.92 Å². The van der Waals surface area contributed by atoms with E-state index in [-0.39, 0.29) is 55.7 Å². The number of nitrogens with one attached hydrogen (secondary N) is 2. The van der Waals surface area contributed by atoms with Crippen LogP contribution in [0.15, 0.2) is 30.6 Å². The van der Waals surface area contributed by atoms with Crippen molar-refractivity contribution >= 4 is 17.8 Å². The number of carboxylic acids is 1. The van der Waals surface area contributed by atoms with E-state index in [1.807, 2.05) is 20.8 Å². The highest BCUT2D eigenvalue weighted by molar-refractivity contribution is 5.87. The summed E-state index contributed by atoms with van der Waals surface area (Å²) in [5, 5.41) is 16.5. The molecule has 0 unspecified atom stereocenters. The average Bonchev–Trinajstić information content (AvgIpc) is 3.47. The molecule has 1 aromatic carbocycles. The Bertz CT molecular complexity index is 1100. The molecule has 9 nitrogen and oxygen atoms in total. The van der Waals surface area contributed by atoms with Gasteiger partial charge < -0.3 is 20.5 Å². The van der Waals surface area contributed by atoms with Gasteiger partial charge in [-0.3, -0.25) is 19.4 Å². The Morgan fingerprint density at radius 1 is 1.18 bits per heavy atom. The average molecular weight is 545 g/mol. The third-order valence-electron chi connectivity index (χ3n) is 7.78. The Balaban J connectivity index is 1.39. The number of likely N-dealkylation sites (tertiary alicyclic amines) is 1. The second kappa shape index (κ2) is 11.9. The molecule has 2 fully saturated rings.